The summed E-state index contributed by atoms with van der Waals surface area (Å²) in [5, 5.41) is 10.0. The Bertz CT molecular complexity index is 585. The highest BCUT2D eigenvalue weighted by Gasteiger charge is 2.05. The summed E-state index contributed by atoms with van der Waals surface area (Å²) >= 11 is 12.2. The second-order valence-corrected chi connectivity index (χ2v) is 4.51. The third kappa shape index (κ3) is 2.79. The Labute approximate surface area is 110 Å². The van der Waals surface area contributed by atoms with Gasteiger partial charge in [0.25, 0.3) is 0 Å². The highest BCUT2D eigenvalue weighted by Crippen LogP contribution is 2.30. The van der Waals surface area contributed by atoms with E-state index in [1.807, 2.05) is 36.4 Å². The monoisotopic (exact) mass is 261 g/mol. The van der Waals surface area contributed by atoms with Gasteiger partial charge < -0.3 is 0 Å². The van der Waals surface area contributed by atoms with E-state index < -0.39 is 0 Å². The van der Waals surface area contributed by atoms with E-state index in [9.17, 15) is 0 Å². The summed E-state index contributed by atoms with van der Waals surface area (Å²) in [6.07, 6.45) is 0.345. The molecule has 84 valence electrons. The van der Waals surface area contributed by atoms with E-state index in [0.717, 1.165) is 16.7 Å². The number of benzene rings is 2. The highest BCUT2D eigenvalue weighted by molar-refractivity contribution is 6.33. The van der Waals surface area contributed by atoms with Crippen molar-refractivity contribution in [2.24, 2.45) is 0 Å². The molecule has 0 N–H and O–H groups in total. The average Bonchev–Trinajstić information content (AvgIpc) is 2.29. The molecule has 0 aromatic heterocycles. The third-order valence-corrected chi connectivity index (χ3v) is 2.97. The van der Waals surface area contributed by atoms with Crippen molar-refractivity contribution in [1.82, 2.24) is 0 Å². The summed E-state index contributed by atoms with van der Waals surface area (Å²) in [6.45, 7) is 0. The zero-order valence-corrected chi connectivity index (χ0v) is 10.5. The number of hydrogen-bond acceptors (Lipinski definition) is 1. The molecule has 0 bridgehead atoms. The van der Waals surface area contributed by atoms with Crippen LogP contribution in [0, 0.1) is 11.3 Å². The Morgan fingerprint density at radius 3 is 2.53 bits per heavy atom. The molecule has 2 aromatic rings. The summed E-state index contributed by atoms with van der Waals surface area (Å²) < 4.78 is 0. The number of nitrogens with zero attached hydrogens (tertiary/aromatic N) is 1. The summed E-state index contributed by atoms with van der Waals surface area (Å²) in [6, 6.07) is 15.3. The molecule has 2 rings (SSSR count). The fraction of sp³-hybridized carbons (Fsp3) is 0.0714. The molecule has 0 spiro atoms. The molecule has 0 aliphatic rings. The van der Waals surface area contributed by atoms with Crippen LogP contribution in [0.5, 0.6) is 0 Å². The quantitative estimate of drug-likeness (QED) is 0.767. The average molecular weight is 262 g/mol. The second kappa shape index (κ2) is 5.23. The van der Waals surface area contributed by atoms with Crippen LogP contribution in [0.25, 0.3) is 11.1 Å². The summed E-state index contributed by atoms with van der Waals surface area (Å²) in [5.74, 6) is 0. The molecular weight excluding hydrogens is 253 g/mol. The van der Waals surface area contributed by atoms with Crippen LogP contribution in [-0.4, -0.2) is 0 Å². The summed E-state index contributed by atoms with van der Waals surface area (Å²) in [7, 11) is 0. The lowest BCUT2D eigenvalue weighted by Crippen LogP contribution is -1.85. The molecule has 0 fully saturated rings. The number of halogens is 2. The van der Waals surface area contributed by atoms with Gasteiger partial charge in [-0.15, -0.1) is 0 Å². The molecule has 0 saturated carbocycles. The Balaban J connectivity index is 2.53. The van der Waals surface area contributed by atoms with Gasteiger partial charge in [-0.25, -0.2) is 0 Å². The summed E-state index contributed by atoms with van der Waals surface area (Å²) in [4.78, 5) is 0. The molecule has 0 heterocycles. The van der Waals surface area contributed by atoms with Gasteiger partial charge in [-0.3, -0.25) is 0 Å². The molecule has 1 nitrogen and oxygen atoms in total. The van der Waals surface area contributed by atoms with Crippen LogP contribution in [-0.2, 0) is 6.42 Å². The molecule has 0 saturated heterocycles. The fourth-order valence-corrected chi connectivity index (χ4v) is 2.20. The number of rotatable bonds is 2. The first-order valence-electron chi connectivity index (χ1n) is 5.12. The van der Waals surface area contributed by atoms with E-state index in [1.165, 1.54) is 0 Å². The molecule has 0 atom stereocenters. The van der Waals surface area contributed by atoms with Gasteiger partial charge in [0.1, 0.15) is 0 Å². The van der Waals surface area contributed by atoms with Crippen molar-refractivity contribution in [3.63, 3.8) is 0 Å². The topological polar surface area (TPSA) is 23.8 Å². The van der Waals surface area contributed by atoms with Crippen LogP contribution >= 0.6 is 23.2 Å². The molecule has 3 heteroatoms. The maximum atomic E-state index is 8.71. The second-order valence-electron chi connectivity index (χ2n) is 3.66. The predicted octanol–water partition coefficient (Wildman–Crippen LogP) is 4.73. The smallest absolute Gasteiger partial charge is 0.0669 e. The minimum Gasteiger partial charge on any atom is -0.198 e. The van der Waals surface area contributed by atoms with Gasteiger partial charge in [-0.05, 0) is 35.4 Å². The van der Waals surface area contributed by atoms with Crippen molar-refractivity contribution in [2.75, 3.05) is 0 Å². The van der Waals surface area contributed by atoms with Crippen molar-refractivity contribution >= 4 is 23.2 Å². The van der Waals surface area contributed by atoms with Crippen LogP contribution in [0.2, 0.25) is 10.0 Å². The third-order valence-electron chi connectivity index (χ3n) is 2.43. The molecule has 0 aliphatic carbocycles. The zero-order valence-electron chi connectivity index (χ0n) is 8.95. The lowest BCUT2D eigenvalue weighted by molar-refractivity contribution is 1.26. The first-order chi connectivity index (χ1) is 8.20. The molecule has 0 radical (unpaired) electrons. The van der Waals surface area contributed by atoms with E-state index in [4.69, 9.17) is 28.5 Å². The van der Waals surface area contributed by atoms with Gasteiger partial charge in [0.15, 0.2) is 0 Å². The molecule has 0 aliphatic heterocycles. The van der Waals surface area contributed by atoms with Crippen molar-refractivity contribution in [3.8, 4) is 17.2 Å². The molecule has 0 amide bonds. The lowest BCUT2D eigenvalue weighted by atomic mass is 10.0. The van der Waals surface area contributed by atoms with Crippen molar-refractivity contribution in [1.29, 1.82) is 5.26 Å². The van der Waals surface area contributed by atoms with Gasteiger partial charge in [-0.2, -0.15) is 5.26 Å². The van der Waals surface area contributed by atoms with Crippen LogP contribution < -0.4 is 0 Å². The van der Waals surface area contributed by atoms with E-state index >= 15 is 0 Å². The van der Waals surface area contributed by atoms with Gasteiger partial charge >= 0.3 is 0 Å². The Hall–Kier alpha value is -1.49. The van der Waals surface area contributed by atoms with E-state index in [-0.39, 0.29) is 0 Å². The molecule has 0 unspecified atom stereocenters. The first-order valence-corrected chi connectivity index (χ1v) is 5.87. The molecule has 2 aromatic carbocycles. The summed E-state index contributed by atoms with van der Waals surface area (Å²) in [5.41, 5.74) is 2.76. The van der Waals surface area contributed by atoms with Crippen LogP contribution in [0.4, 0.5) is 0 Å². The van der Waals surface area contributed by atoms with Gasteiger partial charge in [-0.1, -0.05) is 41.4 Å². The predicted molar refractivity (Wildman–Crippen MR) is 71.2 cm³/mol. The molecule has 17 heavy (non-hydrogen) atoms. The first kappa shape index (κ1) is 12.0. The maximum absolute atomic E-state index is 8.71. The zero-order chi connectivity index (χ0) is 12.3. The van der Waals surface area contributed by atoms with Crippen molar-refractivity contribution in [2.45, 2.75) is 6.42 Å². The highest BCUT2D eigenvalue weighted by atomic mass is 35.5. The van der Waals surface area contributed by atoms with Gasteiger partial charge in [0, 0.05) is 15.6 Å². The van der Waals surface area contributed by atoms with Crippen LogP contribution in [0.3, 0.4) is 0 Å². The normalized spacial score (nSPS) is 9.94. The minimum atomic E-state index is 0.345. The van der Waals surface area contributed by atoms with E-state index in [0.29, 0.717) is 16.5 Å². The van der Waals surface area contributed by atoms with E-state index in [1.54, 1.807) is 6.07 Å². The minimum absolute atomic E-state index is 0.345. The fourth-order valence-electron chi connectivity index (χ4n) is 1.69. The standard InChI is InChI=1S/C14H9Cl2N/c15-12-8-10(5-6-17)7-11(9-12)13-3-1-2-4-14(13)16/h1-4,7-9H,5H2. The van der Waals surface area contributed by atoms with Crippen molar-refractivity contribution < 1.29 is 0 Å². The van der Waals surface area contributed by atoms with Gasteiger partial charge in [0.2, 0.25) is 0 Å². The number of nitriles is 1. The van der Waals surface area contributed by atoms with Crippen molar-refractivity contribution in [3.05, 3.63) is 58.1 Å². The Morgan fingerprint density at radius 1 is 1.06 bits per heavy atom. The van der Waals surface area contributed by atoms with Crippen LogP contribution in [0.15, 0.2) is 42.5 Å². The number of hydrogen-bond donors (Lipinski definition) is 0. The SMILES string of the molecule is N#CCc1cc(Cl)cc(-c2ccccc2Cl)c1. The maximum Gasteiger partial charge on any atom is 0.0669 e. The van der Waals surface area contributed by atoms with E-state index in [2.05, 4.69) is 6.07 Å². The molecular formula is C14H9Cl2N. The lowest BCUT2D eigenvalue weighted by Gasteiger charge is -2.06. The Morgan fingerprint density at radius 2 is 1.82 bits per heavy atom. The van der Waals surface area contributed by atoms with Gasteiger partial charge in [0.05, 0.1) is 12.5 Å². The van der Waals surface area contributed by atoms with Crippen LogP contribution in [0.1, 0.15) is 5.56 Å². The Kier molecular flexibility index (Phi) is 3.68. The largest absolute Gasteiger partial charge is 0.198 e.